The van der Waals surface area contributed by atoms with E-state index in [0.29, 0.717) is 32.7 Å². The highest BCUT2D eigenvalue weighted by atomic mass is 35.5. The van der Waals surface area contributed by atoms with Gasteiger partial charge in [0.1, 0.15) is 0 Å². The number of hydrogen-bond donors (Lipinski definition) is 1. The highest BCUT2D eigenvalue weighted by Gasteiger charge is 2.28. The van der Waals surface area contributed by atoms with Crippen LogP contribution in [0.15, 0.2) is 41.3 Å². The minimum Gasteiger partial charge on any atom is -0.379 e. The number of fused-ring (bicyclic) bond motifs is 1. The summed E-state index contributed by atoms with van der Waals surface area (Å²) in [6.45, 7) is 3.33. The van der Waals surface area contributed by atoms with Crippen molar-refractivity contribution < 1.29 is 17.9 Å². The highest BCUT2D eigenvalue weighted by molar-refractivity contribution is 7.89. The lowest BCUT2D eigenvalue weighted by molar-refractivity contribution is 0.0730. The van der Waals surface area contributed by atoms with Gasteiger partial charge in [-0.2, -0.15) is 4.31 Å². The van der Waals surface area contributed by atoms with Gasteiger partial charge < -0.3 is 10.1 Å². The van der Waals surface area contributed by atoms with Crippen molar-refractivity contribution >= 4 is 27.5 Å². The van der Waals surface area contributed by atoms with E-state index in [1.807, 2.05) is 6.92 Å². The maximum Gasteiger partial charge on any atom is 0.253 e. The monoisotopic (exact) mass is 476 g/mol. The Balaban J connectivity index is 1.56. The summed E-state index contributed by atoms with van der Waals surface area (Å²) in [5.74, 6) is -0.376. The SMILES string of the molecule is CCC(NC(=O)c1cc(S(=O)(=O)N2CCOCC2)ccc1Cl)c1ccc2c(c1)CCCC2. The van der Waals surface area contributed by atoms with Crippen LogP contribution in [0.4, 0.5) is 0 Å². The first-order valence-corrected chi connectivity index (χ1v) is 13.0. The van der Waals surface area contributed by atoms with E-state index in [2.05, 4.69) is 23.5 Å². The second-order valence-corrected chi connectivity index (χ2v) is 10.7. The van der Waals surface area contributed by atoms with Gasteiger partial charge in [0, 0.05) is 13.1 Å². The summed E-state index contributed by atoms with van der Waals surface area (Å²) in [5, 5.41) is 3.28. The number of amides is 1. The minimum atomic E-state index is -3.72. The molecule has 2 aromatic carbocycles. The van der Waals surface area contributed by atoms with Crippen LogP contribution in [0.3, 0.4) is 0 Å². The van der Waals surface area contributed by atoms with Gasteiger partial charge in [0.25, 0.3) is 5.91 Å². The second-order valence-electron chi connectivity index (χ2n) is 8.33. The van der Waals surface area contributed by atoms with Crippen molar-refractivity contribution in [3.8, 4) is 0 Å². The van der Waals surface area contributed by atoms with Crippen LogP contribution >= 0.6 is 11.6 Å². The van der Waals surface area contributed by atoms with Gasteiger partial charge >= 0.3 is 0 Å². The third kappa shape index (κ3) is 4.86. The summed E-state index contributed by atoms with van der Waals surface area (Å²) in [7, 11) is -3.72. The molecule has 1 heterocycles. The zero-order chi connectivity index (χ0) is 22.7. The molecular formula is C24H29ClN2O4S. The Labute approximate surface area is 195 Å². The molecule has 2 aromatic rings. The maximum atomic E-state index is 13.1. The van der Waals surface area contributed by atoms with Gasteiger partial charge in [0.2, 0.25) is 10.0 Å². The number of nitrogens with zero attached hydrogens (tertiary/aromatic N) is 1. The summed E-state index contributed by atoms with van der Waals surface area (Å²) >= 11 is 6.31. The maximum absolute atomic E-state index is 13.1. The third-order valence-corrected chi connectivity index (χ3v) is 8.50. The van der Waals surface area contributed by atoms with Crippen molar-refractivity contribution in [3.05, 3.63) is 63.7 Å². The highest BCUT2D eigenvalue weighted by Crippen LogP contribution is 2.28. The second kappa shape index (κ2) is 9.91. The van der Waals surface area contributed by atoms with Crippen LogP contribution in [-0.4, -0.2) is 44.9 Å². The number of rotatable bonds is 6. The Hall–Kier alpha value is -1.93. The number of morpholine rings is 1. The molecule has 1 aliphatic carbocycles. The third-order valence-electron chi connectivity index (χ3n) is 6.28. The lowest BCUT2D eigenvalue weighted by atomic mass is 9.88. The fourth-order valence-corrected chi connectivity index (χ4v) is 6.04. The van der Waals surface area contributed by atoms with Gasteiger partial charge in [-0.05, 0) is 67.0 Å². The number of carbonyl (C=O) groups excluding carboxylic acids is 1. The summed E-state index contributed by atoms with van der Waals surface area (Å²) in [6, 6.07) is 10.6. The molecule has 1 saturated heterocycles. The number of nitrogens with one attached hydrogen (secondary N) is 1. The van der Waals surface area contributed by atoms with E-state index < -0.39 is 10.0 Å². The fraction of sp³-hybridized carbons (Fsp3) is 0.458. The van der Waals surface area contributed by atoms with Crippen LogP contribution in [0.1, 0.15) is 59.3 Å². The molecule has 32 heavy (non-hydrogen) atoms. The number of sulfonamides is 1. The van der Waals surface area contributed by atoms with Gasteiger partial charge in [-0.15, -0.1) is 0 Å². The van der Waals surface area contributed by atoms with Crippen LogP contribution in [0.2, 0.25) is 5.02 Å². The number of benzene rings is 2. The van der Waals surface area contributed by atoms with E-state index in [4.69, 9.17) is 16.3 Å². The van der Waals surface area contributed by atoms with Gasteiger partial charge in [0.15, 0.2) is 0 Å². The van der Waals surface area contributed by atoms with Crippen molar-refractivity contribution in [2.24, 2.45) is 0 Å². The van der Waals surface area contributed by atoms with Crippen LogP contribution in [0, 0.1) is 0 Å². The van der Waals surface area contributed by atoms with Gasteiger partial charge in [0.05, 0.1) is 34.7 Å². The number of aryl methyl sites for hydroxylation is 2. The van der Waals surface area contributed by atoms with Crippen molar-refractivity contribution in [2.45, 2.75) is 50.0 Å². The summed E-state index contributed by atoms with van der Waals surface area (Å²) in [4.78, 5) is 13.2. The molecule has 0 saturated carbocycles. The van der Waals surface area contributed by atoms with Crippen LogP contribution in [0.5, 0.6) is 0 Å². The van der Waals surface area contributed by atoms with Crippen LogP contribution in [-0.2, 0) is 27.6 Å². The average molecular weight is 477 g/mol. The first-order chi connectivity index (χ1) is 15.4. The number of hydrogen-bond acceptors (Lipinski definition) is 4. The first kappa shape index (κ1) is 23.2. The molecule has 4 rings (SSSR count). The van der Waals surface area contributed by atoms with Gasteiger partial charge in [-0.3, -0.25) is 4.79 Å². The van der Waals surface area contributed by atoms with Gasteiger partial charge in [-0.25, -0.2) is 8.42 Å². The van der Waals surface area contributed by atoms with Crippen LogP contribution in [0.25, 0.3) is 0 Å². The first-order valence-electron chi connectivity index (χ1n) is 11.2. The molecule has 0 bridgehead atoms. The van der Waals surface area contributed by atoms with Crippen molar-refractivity contribution in [3.63, 3.8) is 0 Å². The van der Waals surface area contributed by atoms with Gasteiger partial charge in [-0.1, -0.05) is 36.7 Å². The Bertz CT molecular complexity index is 1100. The van der Waals surface area contributed by atoms with E-state index in [1.54, 1.807) is 0 Å². The van der Waals surface area contributed by atoms with E-state index in [1.165, 1.54) is 46.5 Å². The summed E-state index contributed by atoms with van der Waals surface area (Å²) in [5.41, 5.74) is 3.98. The predicted molar refractivity (Wildman–Crippen MR) is 125 cm³/mol. The Morgan fingerprint density at radius 2 is 1.81 bits per heavy atom. The normalized spacial score (nSPS) is 18.1. The molecule has 1 unspecified atom stereocenters. The smallest absolute Gasteiger partial charge is 0.253 e. The molecule has 1 N–H and O–H groups in total. The van der Waals surface area contributed by atoms with Crippen molar-refractivity contribution in [2.75, 3.05) is 26.3 Å². The van der Waals surface area contributed by atoms with Crippen molar-refractivity contribution in [1.29, 1.82) is 0 Å². The zero-order valence-electron chi connectivity index (χ0n) is 18.3. The molecule has 0 spiro atoms. The van der Waals surface area contributed by atoms with Crippen LogP contribution < -0.4 is 5.32 Å². The lowest BCUT2D eigenvalue weighted by Gasteiger charge is -2.26. The van der Waals surface area contributed by atoms with E-state index in [9.17, 15) is 13.2 Å². The average Bonchev–Trinajstić information content (AvgIpc) is 2.82. The topological polar surface area (TPSA) is 75.7 Å². The standard InChI is InChI=1S/C24H29ClN2O4S/c1-2-23(19-8-7-17-5-3-4-6-18(17)15-19)26-24(28)21-16-20(9-10-22(21)25)32(29,30)27-11-13-31-14-12-27/h7-10,15-16,23H,2-6,11-14H2,1H3,(H,26,28). The van der Waals surface area contributed by atoms with E-state index >= 15 is 0 Å². The molecule has 1 aliphatic heterocycles. The fourth-order valence-electron chi connectivity index (χ4n) is 4.40. The quantitative estimate of drug-likeness (QED) is 0.680. The minimum absolute atomic E-state index is 0.0655. The molecule has 1 fully saturated rings. The Kier molecular flexibility index (Phi) is 7.20. The number of ether oxygens (including phenoxy) is 1. The Morgan fingerprint density at radius 3 is 2.53 bits per heavy atom. The van der Waals surface area contributed by atoms with E-state index in [-0.39, 0.29) is 27.4 Å². The van der Waals surface area contributed by atoms with E-state index in [0.717, 1.165) is 18.4 Å². The summed E-state index contributed by atoms with van der Waals surface area (Å²) < 4.78 is 32.6. The molecule has 0 aromatic heterocycles. The molecule has 1 atom stereocenters. The molecule has 1 amide bonds. The molecule has 2 aliphatic rings. The summed E-state index contributed by atoms with van der Waals surface area (Å²) in [6.07, 6.45) is 5.32. The predicted octanol–water partition coefficient (Wildman–Crippen LogP) is 4.12. The molecule has 6 nitrogen and oxygen atoms in total. The molecule has 172 valence electrons. The molecule has 8 heteroatoms. The number of halogens is 1. The Morgan fingerprint density at radius 1 is 1.09 bits per heavy atom. The zero-order valence-corrected chi connectivity index (χ0v) is 19.8. The van der Waals surface area contributed by atoms with Crippen molar-refractivity contribution in [1.82, 2.24) is 9.62 Å². The molecule has 0 radical (unpaired) electrons. The largest absolute Gasteiger partial charge is 0.379 e. The lowest BCUT2D eigenvalue weighted by Crippen LogP contribution is -2.40. The number of carbonyl (C=O) groups is 1. The molecular weight excluding hydrogens is 448 g/mol.